The molecule has 1 saturated heterocycles. The summed E-state index contributed by atoms with van der Waals surface area (Å²) in [6, 6.07) is 0. The number of rotatable bonds is 7. The van der Waals surface area contributed by atoms with Gasteiger partial charge in [-0.1, -0.05) is 71.1 Å². The highest BCUT2D eigenvalue weighted by atomic mass is 16.5. The third-order valence-electron chi connectivity index (χ3n) is 5.06. The zero-order valence-electron chi connectivity index (χ0n) is 12.3. The highest BCUT2D eigenvalue weighted by Gasteiger charge is 2.31. The molecule has 2 aliphatic rings. The van der Waals surface area contributed by atoms with Crippen LogP contribution in [-0.4, -0.2) is 12.7 Å². The highest BCUT2D eigenvalue weighted by molar-refractivity contribution is 4.81. The molecule has 0 aromatic rings. The van der Waals surface area contributed by atoms with Crippen LogP contribution < -0.4 is 0 Å². The predicted octanol–water partition coefficient (Wildman–Crippen LogP) is 5.33. The van der Waals surface area contributed by atoms with Gasteiger partial charge in [-0.25, -0.2) is 0 Å². The lowest BCUT2D eigenvalue weighted by Gasteiger charge is -2.26. The summed E-state index contributed by atoms with van der Waals surface area (Å²) in [6.07, 6.45) is 17.7. The first-order valence-corrected chi connectivity index (χ1v) is 8.51. The van der Waals surface area contributed by atoms with E-state index in [1.165, 1.54) is 77.0 Å². The lowest BCUT2D eigenvalue weighted by Crippen LogP contribution is -2.18. The molecule has 0 aromatic carbocycles. The highest BCUT2D eigenvalue weighted by Crippen LogP contribution is 2.37. The average molecular weight is 252 g/mol. The molecular weight excluding hydrogens is 220 g/mol. The maximum atomic E-state index is 6.03. The molecular formula is C17H32O. The summed E-state index contributed by atoms with van der Waals surface area (Å²) in [5, 5.41) is 0. The molecule has 106 valence electrons. The van der Waals surface area contributed by atoms with Crippen LogP contribution in [0.15, 0.2) is 0 Å². The van der Waals surface area contributed by atoms with Crippen LogP contribution in [0.5, 0.6) is 0 Å². The van der Waals surface area contributed by atoms with E-state index in [9.17, 15) is 0 Å². The van der Waals surface area contributed by atoms with Crippen molar-refractivity contribution in [1.29, 1.82) is 0 Å². The Morgan fingerprint density at radius 3 is 2.44 bits per heavy atom. The molecule has 2 unspecified atom stereocenters. The van der Waals surface area contributed by atoms with E-state index < -0.39 is 0 Å². The van der Waals surface area contributed by atoms with Crippen molar-refractivity contribution in [3.63, 3.8) is 0 Å². The second kappa shape index (κ2) is 8.19. The number of hydrogen-bond acceptors (Lipinski definition) is 1. The van der Waals surface area contributed by atoms with Crippen molar-refractivity contribution in [3.8, 4) is 0 Å². The van der Waals surface area contributed by atoms with Gasteiger partial charge in [-0.05, 0) is 24.7 Å². The molecule has 1 heteroatoms. The molecule has 2 atom stereocenters. The Kier molecular flexibility index (Phi) is 6.54. The molecule has 2 fully saturated rings. The Morgan fingerprint density at radius 1 is 0.889 bits per heavy atom. The minimum absolute atomic E-state index is 0.610. The van der Waals surface area contributed by atoms with Gasteiger partial charge in [0.1, 0.15) is 0 Å². The maximum absolute atomic E-state index is 6.03. The van der Waals surface area contributed by atoms with Crippen LogP contribution in [-0.2, 0) is 4.74 Å². The summed E-state index contributed by atoms with van der Waals surface area (Å²) in [4.78, 5) is 0. The van der Waals surface area contributed by atoms with Crippen molar-refractivity contribution < 1.29 is 4.74 Å². The van der Waals surface area contributed by atoms with Gasteiger partial charge in [0.05, 0.1) is 12.7 Å². The van der Waals surface area contributed by atoms with Gasteiger partial charge in [0.2, 0.25) is 0 Å². The van der Waals surface area contributed by atoms with Gasteiger partial charge in [-0.2, -0.15) is 0 Å². The number of unbranched alkanes of at least 4 members (excludes halogenated alkanes) is 4. The second-order valence-corrected chi connectivity index (χ2v) is 6.55. The van der Waals surface area contributed by atoms with Gasteiger partial charge >= 0.3 is 0 Å². The van der Waals surface area contributed by atoms with Crippen molar-refractivity contribution in [1.82, 2.24) is 0 Å². The van der Waals surface area contributed by atoms with Crippen LogP contribution in [0.4, 0.5) is 0 Å². The third-order valence-corrected chi connectivity index (χ3v) is 5.06. The Hall–Kier alpha value is -0.0400. The van der Waals surface area contributed by atoms with E-state index in [2.05, 4.69) is 6.92 Å². The van der Waals surface area contributed by atoms with Gasteiger partial charge in [0, 0.05) is 0 Å². The molecule has 0 amide bonds. The predicted molar refractivity (Wildman–Crippen MR) is 77.8 cm³/mol. The van der Waals surface area contributed by atoms with Gasteiger partial charge in [0.15, 0.2) is 0 Å². The Balaban J connectivity index is 1.56. The zero-order chi connectivity index (χ0) is 12.6. The van der Waals surface area contributed by atoms with Crippen molar-refractivity contribution >= 4 is 0 Å². The van der Waals surface area contributed by atoms with E-state index in [-0.39, 0.29) is 0 Å². The fraction of sp³-hybridized carbons (Fsp3) is 1.00. The van der Waals surface area contributed by atoms with Gasteiger partial charge in [-0.3, -0.25) is 0 Å². The monoisotopic (exact) mass is 252 g/mol. The molecule has 1 nitrogen and oxygen atoms in total. The molecule has 0 radical (unpaired) electrons. The van der Waals surface area contributed by atoms with Crippen LogP contribution in [0.1, 0.15) is 84.0 Å². The molecule has 2 rings (SSSR count). The van der Waals surface area contributed by atoms with E-state index in [4.69, 9.17) is 4.74 Å². The summed E-state index contributed by atoms with van der Waals surface area (Å²) in [5.41, 5.74) is 0. The van der Waals surface area contributed by atoms with Crippen LogP contribution in [0.25, 0.3) is 0 Å². The fourth-order valence-electron chi connectivity index (χ4n) is 3.84. The molecule has 1 aliphatic heterocycles. The van der Waals surface area contributed by atoms with E-state index in [1.54, 1.807) is 0 Å². The maximum Gasteiger partial charge on any atom is 0.0578 e. The Labute approximate surface area is 114 Å². The first-order chi connectivity index (χ1) is 8.90. The summed E-state index contributed by atoms with van der Waals surface area (Å²) in [7, 11) is 0. The molecule has 1 saturated carbocycles. The SMILES string of the molecule is CCCCCCCC1CC(C2CCCCC2)CO1. The molecule has 0 bridgehead atoms. The minimum atomic E-state index is 0.610. The van der Waals surface area contributed by atoms with Crippen LogP contribution in [0.2, 0.25) is 0 Å². The normalized spacial score (nSPS) is 29.8. The minimum Gasteiger partial charge on any atom is -0.378 e. The third kappa shape index (κ3) is 4.57. The van der Waals surface area contributed by atoms with Crippen LogP contribution in [0, 0.1) is 11.8 Å². The van der Waals surface area contributed by atoms with Crippen molar-refractivity contribution in [2.45, 2.75) is 90.1 Å². The molecule has 0 aromatic heterocycles. The number of hydrogen-bond donors (Lipinski definition) is 0. The lowest BCUT2D eigenvalue weighted by molar-refractivity contribution is 0.0922. The first kappa shape index (κ1) is 14.4. The Bertz CT molecular complexity index is 208. The zero-order valence-corrected chi connectivity index (χ0v) is 12.3. The van der Waals surface area contributed by atoms with Gasteiger partial charge in [-0.15, -0.1) is 0 Å². The largest absolute Gasteiger partial charge is 0.378 e. The summed E-state index contributed by atoms with van der Waals surface area (Å²) < 4.78 is 6.03. The summed E-state index contributed by atoms with van der Waals surface area (Å²) in [6.45, 7) is 3.36. The molecule has 18 heavy (non-hydrogen) atoms. The summed E-state index contributed by atoms with van der Waals surface area (Å²) >= 11 is 0. The molecule has 1 heterocycles. The van der Waals surface area contributed by atoms with E-state index in [1.807, 2.05) is 0 Å². The standard InChI is InChI=1S/C17H32O/c1-2-3-4-5-9-12-17-13-16(14-18-17)15-10-7-6-8-11-15/h15-17H,2-14H2,1H3. The smallest absolute Gasteiger partial charge is 0.0578 e. The van der Waals surface area contributed by atoms with Crippen molar-refractivity contribution in [2.24, 2.45) is 11.8 Å². The fourth-order valence-corrected chi connectivity index (χ4v) is 3.84. The Morgan fingerprint density at radius 2 is 1.67 bits per heavy atom. The average Bonchev–Trinajstić information content (AvgIpc) is 2.88. The summed E-state index contributed by atoms with van der Waals surface area (Å²) in [5.74, 6) is 1.91. The van der Waals surface area contributed by atoms with E-state index in [0.717, 1.165) is 18.4 Å². The molecule has 1 aliphatic carbocycles. The van der Waals surface area contributed by atoms with E-state index >= 15 is 0 Å². The van der Waals surface area contributed by atoms with Gasteiger partial charge in [0.25, 0.3) is 0 Å². The topological polar surface area (TPSA) is 9.23 Å². The molecule has 0 N–H and O–H groups in total. The van der Waals surface area contributed by atoms with Crippen LogP contribution >= 0.6 is 0 Å². The van der Waals surface area contributed by atoms with Gasteiger partial charge < -0.3 is 4.74 Å². The van der Waals surface area contributed by atoms with Crippen molar-refractivity contribution in [3.05, 3.63) is 0 Å². The molecule has 0 spiro atoms. The lowest BCUT2D eigenvalue weighted by atomic mass is 9.79. The van der Waals surface area contributed by atoms with E-state index in [0.29, 0.717) is 6.10 Å². The number of ether oxygens (including phenoxy) is 1. The quantitative estimate of drug-likeness (QED) is 0.556. The van der Waals surface area contributed by atoms with Crippen molar-refractivity contribution in [2.75, 3.05) is 6.61 Å². The second-order valence-electron chi connectivity index (χ2n) is 6.55. The van der Waals surface area contributed by atoms with Crippen LogP contribution in [0.3, 0.4) is 0 Å². The first-order valence-electron chi connectivity index (χ1n) is 8.51.